The van der Waals surface area contributed by atoms with Gasteiger partial charge in [-0.15, -0.1) is 11.3 Å². The van der Waals surface area contributed by atoms with Crippen molar-refractivity contribution in [2.24, 2.45) is 0 Å². The molecule has 4 nitrogen and oxygen atoms in total. The molecule has 0 amide bonds. The van der Waals surface area contributed by atoms with Crippen molar-refractivity contribution in [3.8, 4) is 5.75 Å². The molecule has 142 valence electrons. The minimum absolute atomic E-state index is 0.0163. The van der Waals surface area contributed by atoms with E-state index >= 15 is 0 Å². The van der Waals surface area contributed by atoms with E-state index in [-0.39, 0.29) is 5.56 Å². The summed E-state index contributed by atoms with van der Waals surface area (Å²) in [4.78, 5) is 17.9. The van der Waals surface area contributed by atoms with E-state index in [0.29, 0.717) is 11.2 Å². The van der Waals surface area contributed by atoms with Gasteiger partial charge in [-0.1, -0.05) is 53.7 Å². The summed E-state index contributed by atoms with van der Waals surface area (Å²) in [5, 5.41) is 2.67. The number of thioether (sulfide) groups is 1. The highest BCUT2D eigenvalue weighted by molar-refractivity contribution is 7.98. The topological polar surface area (TPSA) is 44.1 Å². The van der Waals surface area contributed by atoms with Gasteiger partial charge in [-0.25, -0.2) is 4.98 Å². The molecule has 0 spiro atoms. The first-order chi connectivity index (χ1) is 13.6. The summed E-state index contributed by atoms with van der Waals surface area (Å²) in [6.07, 6.45) is 0. The van der Waals surface area contributed by atoms with Crippen LogP contribution in [0.4, 0.5) is 0 Å². The Balaban J connectivity index is 1.69. The van der Waals surface area contributed by atoms with Gasteiger partial charge in [0, 0.05) is 5.75 Å². The number of benzene rings is 2. The van der Waals surface area contributed by atoms with Crippen LogP contribution in [0.25, 0.3) is 10.2 Å². The molecule has 2 heterocycles. The van der Waals surface area contributed by atoms with Gasteiger partial charge in [-0.2, -0.15) is 0 Å². The van der Waals surface area contributed by atoms with Gasteiger partial charge in [0.15, 0.2) is 5.16 Å². The molecule has 0 unspecified atom stereocenters. The normalized spacial score (nSPS) is 11.1. The second-order valence-electron chi connectivity index (χ2n) is 6.55. The molecule has 0 radical (unpaired) electrons. The molecule has 4 rings (SSSR count). The second-order valence-corrected chi connectivity index (χ2v) is 8.41. The van der Waals surface area contributed by atoms with Gasteiger partial charge in [0.05, 0.1) is 19.2 Å². The Morgan fingerprint density at radius 1 is 1.11 bits per heavy atom. The van der Waals surface area contributed by atoms with E-state index in [1.54, 1.807) is 23.4 Å². The summed E-state index contributed by atoms with van der Waals surface area (Å²) < 4.78 is 7.71. The number of ether oxygens (including phenoxy) is 1. The third kappa shape index (κ3) is 3.98. The first-order valence-electron chi connectivity index (χ1n) is 8.93. The van der Waals surface area contributed by atoms with Crippen molar-refractivity contribution >= 4 is 33.3 Å². The first kappa shape index (κ1) is 18.8. The van der Waals surface area contributed by atoms with Crippen LogP contribution < -0.4 is 10.3 Å². The maximum atomic E-state index is 13.1. The number of rotatable bonds is 6. The van der Waals surface area contributed by atoms with E-state index in [9.17, 15) is 4.79 Å². The lowest BCUT2D eigenvalue weighted by Gasteiger charge is -2.13. The van der Waals surface area contributed by atoms with Crippen LogP contribution in [0.1, 0.15) is 16.7 Å². The molecule has 2 aromatic heterocycles. The van der Waals surface area contributed by atoms with Gasteiger partial charge < -0.3 is 4.74 Å². The summed E-state index contributed by atoms with van der Waals surface area (Å²) in [5.41, 5.74) is 4.28. The molecule has 0 saturated heterocycles. The van der Waals surface area contributed by atoms with Crippen molar-refractivity contribution in [1.82, 2.24) is 9.55 Å². The fraction of sp³-hybridized carbons (Fsp3) is 0.182. The van der Waals surface area contributed by atoms with Crippen LogP contribution in [0.15, 0.2) is 69.9 Å². The lowest BCUT2D eigenvalue weighted by atomic mass is 10.2. The number of aryl methyl sites for hydroxylation is 1. The van der Waals surface area contributed by atoms with Gasteiger partial charge in [0.2, 0.25) is 0 Å². The molecule has 6 heteroatoms. The average molecular weight is 409 g/mol. The van der Waals surface area contributed by atoms with Gasteiger partial charge in [0.25, 0.3) is 5.56 Å². The molecule has 0 aliphatic rings. The molecule has 0 saturated carbocycles. The zero-order chi connectivity index (χ0) is 19.5. The monoisotopic (exact) mass is 408 g/mol. The van der Waals surface area contributed by atoms with E-state index in [1.807, 2.05) is 35.7 Å². The van der Waals surface area contributed by atoms with E-state index in [4.69, 9.17) is 9.72 Å². The minimum atomic E-state index is 0.0163. The van der Waals surface area contributed by atoms with Crippen LogP contribution in [0, 0.1) is 6.92 Å². The zero-order valence-corrected chi connectivity index (χ0v) is 17.3. The fourth-order valence-electron chi connectivity index (χ4n) is 3.04. The molecule has 0 N–H and O–H groups in total. The van der Waals surface area contributed by atoms with Crippen molar-refractivity contribution in [3.05, 3.63) is 87.0 Å². The van der Waals surface area contributed by atoms with Crippen LogP contribution in [-0.4, -0.2) is 16.7 Å². The number of aromatic nitrogens is 2. The van der Waals surface area contributed by atoms with Crippen molar-refractivity contribution in [3.63, 3.8) is 0 Å². The lowest BCUT2D eigenvalue weighted by molar-refractivity contribution is 0.414. The van der Waals surface area contributed by atoms with Crippen LogP contribution >= 0.6 is 23.1 Å². The molecule has 0 aliphatic carbocycles. The van der Waals surface area contributed by atoms with E-state index < -0.39 is 0 Å². The Morgan fingerprint density at radius 3 is 2.68 bits per heavy atom. The summed E-state index contributed by atoms with van der Waals surface area (Å²) in [5.74, 6) is 1.57. The predicted octanol–water partition coefficient (Wildman–Crippen LogP) is 5.12. The highest BCUT2D eigenvalue weighted by Crippen LogP contribution is 2.25. The largest absolute Gasteiger partial charge is 0.497 e. The van der Waals surface area contributed by atoms with E-state index in [1.165, 1.54) is 22.5 Å². The molecule has 0 fully saturated rings. The Bertz CT molecular complexity index is 1160. The number of hydrogen-bond donors (Lipinski definition) is 0. The number of thiophene rings is 1. The Kier molecular flexibility index (Phi) is 5.50. The molecule has 4 aromatic rings. The molecule has 0 bridgehead atoms. The quantitative estimate of drug-likeness (QED) is 0.328. The van der Waals surface area contributed by atoms with Crippen molar-refractivity contribution in [2.45, 2.75) is 24.4 Å². The number of methoxy groups -OCH3 is 1. The smallest absolute Gasteiger partial charge is 0.272 e. The van der Waals surface area contributed by atoms with E-state index in [2.05, 4.69) is 31.2 Å². The van der Waals surface area contributed by atoms with Crippen LogP contribution in [-0.2, 0) is 12.3 Å². The molecule has 0 atom stereocenters. The summed E-state index contributed by atoms with van der Waals surface area (Å²) in [6.45, 7) is 2.57. The standard InChI is InChI=1S/C22H20N2O2S2/c1-15-4-3-5-17(12-15)14-28-22-23-19-10-11-27-20(19)21(25)24(22)13-16-6-8-18(26-2)9-7-16/h3-12H,13-14H2,1-2H3. The van der Waals surface area contributed by atoms with Crippen LogP contribution in [0.5, 0.6) is 5.75 Å². The lowest BCUT2D eigenvalue weighted by Crippen LogP contribution is -2.23. The number of fused-ring (bicyclic) bond motifs is 1. The van der Waals surface area contributed by atoms with Gasteiger partial charge >= 0.3 is 0 Å². The molecular formula is C22H20N2O2S2. The summed E-state index contributed by atoms with van der Waals surface area (Å²) >= 11 is 3.04. The fourth-order valence-corrected chi connectivity index (χ4v) is 4.76. The maximum absolute atomic E-state index is 13.1. The maximum Gasteiger partial charge on any atom is 0.272 e. The molecule has 0 aliphatic heterocycles. The first-order valence-corrected chi connectivity index (χ1v) is 10.8. The van der Waals surface area contributed by atoms with Gasteiger partial charge in [-0.05, 0) is 41.6 Å². The third-order valence-electron chi connectivity index (χ3n) is 4.48. The second kappa shape index (κ2) is 8.20. The number of nitrogens with zero attached hydrogens (tertiary/aromatic N) is 2. The van der Waals surface area contributed by atoms with Crippen LogP contribution in [0.3, 0.4) is 0 Å². The van der Waals surface area contributed by atoms with Gasteiger partial charge in [-0.3, -0.25) is 9.36 Å². The SMILES string of the molecule is COc1ccc(Cn2c(SCc3cccc(C)c3)nc3ccsc3c2=O)cc1. The predicted molar refractivity (Wildman–Crippen MR) is 117 cm³/mol. The van der Waals surface area contributed by atoms with Crippen molar-refractivity contribution in [1.29, 1.82) is 0 Å². The Labute approximate surface area is 171 Å². The third-order valence-corrected chi connectivity index (χ3v) is 6.42. The zero-order valence-electron chi connectivity index (χ0n) is 15.7. The average Bonchev–Trinajstić information content (AvgIpc) is 3.18. The minimum Gasteiger partial charge on any atom is -0.497 e. The van der Waals surface area contributed by atoms with Crippen LogP contribution in [0.2, 0.25) is 0 Å². The highest BCUT2D eigenvalue weighted by atomic mass is 32.2. The Hall–Kier alpha value is -2.57. The molecule has 2 aromatic carbocycles. The van der Waals surface area contributed by atoms with Crippen molar-refractivity contribution < 1.29 is 4.74 Å². The summed E-state index contributed by atoms with van der Waals surface area (Å²) in [7, 11) is 1.65. The number of hydrogen-bond acceptors (Lipinski definition) is 5. The Morgan fingerprint density at radius 2 is 1.93 bits per heavy atom. The molecular weight excluding hydrogens is 388 g/mol. The van der Waals surface area contributed by atoms with Gasteiger partial charge in [0.1, 0.15) is 10.4 Å². The molecule has 28 heavy (non-hydrogen) atoms. The van der Waals surface area contributed by atoms with E-state index in [0.717, 1.165) is 27.7 Å². The highest BCUT2D eigenvalue weighted by Gasteiger charge is 2.13. The summed E-state index contributed by atoms with van der Waals surface area (Å²) in [6, 6.07) is 18.1. The van der Waals surface area contributed by atoms with Crippen molar-refractivity contribution in [2.75, 3.05) is 7.11 Å².